The van der Waals surface area contributed by atoms with E-state index in [0.29, 0.717) is 6.42 Å². The van der Waals surface area contributed by atoms with Gasteiger partial charge in [-0.25, -0.2) is 0 Å². The van der Waals surface area contributed by atoms with Crippen molar-refractivity contribution in [2.45, 2.75) is 180 Å². The van der Waals surface area contributed by atoms with Crippen molar-refractivity contribution in [1.82, 2.24) is 0 Å². The molecule has 0 aliphatic carbocycles. The van der Waals surface area contributed by atoms with E-state index in [0.717, 1.165) is 19.3 Å². The normalized spacial score (nSPS) is 12.1. The van der Waals surface area contributed by atoms with Crippen LogP contribution in [0, 0.1) is 5.92 Å². The van der Waals surface area contributed by atoms with Crippen LogP contribution in [0.4, 0.5) is 0 Å². The number of carboxylic acid groups (broad SMARTS) is 1. The highest BCUT2D eigenvalue weighted by Gasteiger charge is 2.21. The number of hydrogen-bond acceptors (Lipinski definition) is 3. The Labute approximate surface area is 248 Å². The fourth-order valence-electron chi connectivity index (χ4n) is 5.31. The topological polar surface area (TPSA) is 63.6 Å². The molecule has 4 nitrogen and oxygen atoms in total. The quantitative estimate of drug-likeness (QED) is 0.0503. The first kappa shape index (κ1) is 38.4. The summed E-state index contributed by atoms with van der Waals surface area (Å²) in [5.74, 6) is -1.99. The summed E-state index contributed by atoms with van der Waals surface area (Å²) in [5.41, 5.74) is 0. The predicted molar refractivity (Wildman–Crippen MR) is 172 cm³/mol. The second-order valence-corrected chi connectivity index (χ2v) is 11.8. The highest BCUT2D eigenvalue weighted by molar-refractivity contribution is 5.78. The van der Waals surface area contributed by atoms with Crippen molar-refractivity contribution in [1.29, 1.82) is 0 Å². The molecule has 4 heteroatoms. The minimum atomic E-state index is -0.903. The Morgan fingerprint density at radius 1 is 0.625 bits per heavy atom. The van der Waals surface area contributed by atoms with Crippen molar-refractivity contribution in [3.8, 4) is 0 Å². The number of hydrogen-bond donors (Lipinski definition) is 1. The first-order valence-corrected chi connectivity index (χ1v) is 17.3. The van der Waals surface area contributed by atoms with Gasteiger partial charge in [-0.05, 0) is 32.1 Å². The zero-order chi connectivity index (χ0) is 29.4. The third-order valence-electron chi connectivity index (χ3n) is 7.94. The molecule has 0 rings (SSSR count). The van der Waals surface area contributed by atoms with Crippen molar-refractivity contribution in [2.24, 2.45) is 5.92 Å². The van der Waals surface area contributed by atoms with Gasteiger partial charge in [-0.15, -0.1) is 0 Å². The minimum absolute atomic E-state index is 0.0438. The fourth-order valence-corrected chi connectivity index (χ4v) is 5.31. The van der Waals surface area contributed by atoms with E-state index in [9.17, 15) is 14.7 Å². The fraction of sp³-hybridized carbons (Fsp3) is 0.833. The first-order valence-electron chi connectivity index (χ1n) is 17.3. The molecule has 40 heavy (non-hydrogen) atoms. The van der Waals surface area contributed by atoms with Gasteiger partial charge in [0.05, 0.1) is 12.3 Å². The van der Waals surface area contributed by atoms with Crippen molar-refractivity contribution >= 4 is 11.9 Å². The third kappa shape index (κ3) is 29.4. The molecule has 1 atom stereocenters. The maximum absolute atomic E-state index is 11.6. The maximum Gasteiger partial charge on any atom is 0.307 e. The summed E-state index contributed by atoms with van der Waals surface area (Å²) in [7, 11) is 0. The number of allylic oxidation sites excluding steroid dienone is 2. The predicted octanol–water partition coefficient (Wildman–Crippen LogP) is 11.5. The molecule has 1 unspecified atom stereocenters. The highest BCUT2D eigenvalue weighted by atomic mass is 16.5. The average molecular weight is 563 g/mol. The van der Waals surface area contributed by atoms with Gasteiger partial charge in [0.15, 0.2) is 0 Å². The second kappa shape index (κ2) is 31.9. The molecule has 0 aromatic carbocycles. The lowest BCUT2D eigenvalue weighted by Crippen LogP contribution is -2.19. The molecule has 0 aliphatic heterocycles. The Morgan fingerprint density at radius 3 is 1.38 bits per heavy atom. The molecule has 0 aromatic heterocycles. The molecule has 0 heterocycles. The van der Waals surface area contributed by atoms with Crippen LogP contribution in [0.25, 0.3) is 0 Å². The molecular formula is C36H66O4. The van der Waals surface area contributed by atoms with Crippen LogP contribution in [0.3, 0.4) is 0 Å². The van der Waals surface area contributed by atoms with Gasteiger partial charge in [0.2, 0.25) is 0 Å². The van der Waals surface area contributed by atoms with Crippen LogP contribution in [0.1, 0.15) is 180 Å². The van der Waals surface area contributed by atoms with Crippen LogP contribution >= 0.6 is 0 Å². The van der Waals surface area contributed by atoms with Crippen molar-refractivity contribution < 1.29 is 19.4 Å². The molecular weight excluding hydrogens is 496 g/mol. The van der Waals surface area contributed by atoms with E-state index < -0.39 is 17.9 Å². The third-order valence-corrected chi connectivity index (χ3v) is 7.94. The average Bonchev–Trinajstić information content (AvgIpc) is 2.94. The number of ether oxygens (including phenoxy) is 1. The summed E-state index contributed by atoms with van der Waals surface area (Å²) in [6.45, 7) is 5.92. The highest BCUT2D eigenvalue weighted by Crippen LogP contribution is 2.18. The van der Waals surface area contributed by atoms with E-state index in [-0.39, 0.29) is 13.0 Å². The number of unbranched alkanes of at least 4 members (excludes halogenated alkanes) is 23. The molecule has 0 saturated carbocycles. The van der Waals surface area contributed by atoms with Gasteiger partial charge in [-0.2, -0.15) is 0 Å². The Morgan fingerprint density at radius 2 is 1.00 bits per heavy atom. The molecule has 1 N–H and O–H groups in total. The lowest BCUT2D eigenvalue weighted by atomic mass is 9.97. The number of carboxylic acids is 1. The monoisotopic (exact) mass is 562 g/mol. The molecule has 0 saturated heterocycles. The molecule has 234 valence electrons. The van der Waals surface area contributed by atoms with Crippen molar-refractivity contribution in [2.75, 3.05) is 6.61 Å². The number of rotatable bonds is 32. The van der Waals surface area contributed by atoms with Crippen LogP contribution in [0.2, 0.25) is 0 Å². The summed E-state index contributed by atoms with van der Waals surface area (Å²) in [5, 5.41) is 9.31. The molecule has 0 amide bonds. The van der Waals surface area contributed by atoms with Crippen molar-refractivity contribution in [3.63, 3.8) is 0 Å². The maximum atomic E-state index is 11.6. The van der Waals surface area contributed by atoms with Gasteiger partial charge in [-0.3, -0.25) is 9.59 Å². The van der Waals surface area contributed by atoms with Crippen LogP contribution in [0.15, 0.2) is 24.8 Å². The zero-order valence-corrected chi connectivity index (χ0v) is 26.5. The van der Waals surface area contributed by atoms with Crippen LogP contribution in [-0.4, -0.2) is 23.7 Å². The number of carbonyl (C=O) groups is 2. The number of aliphatic carboxylic acids is 1. The van der Waals surface area contributed by atoms with Gasteiger partial charge < -0.3 is 9.84 Å². The standard InChI is InChI=1S/C36H66O4/c1-3-5-6-7-8-9-10-11-12-13-14-15-16-17-18-19-20-21-22-23-24-25-26-27-28-29-30-31-34(36(38)39)33-35(37)40-32-4-2/h4,19-20,34H,2-3,5-18,21-33H2,1H3,(H,38,39)/b20-19+. The lowest BCUT2D eigenvalue weighted by molar-refractivity contribution is -0.151. The second-order valence-electron chi connectivity index (χ2n) is 11.8. The van der Waals surface area contributed by atoms with Gasteiger partial charge in [0.25, 0.3) is 0 Å². The summed E-state index contributed by atoms with van der Waals surface area (Å²) in [6.07, 6.45) is 40.0. The summed E-state index contributed by atoms with van der Waals surface area (Å²) >= 11 is 0. The van der Waals surface area contributed by atoms with E-state index in [2.05, 4.69) is 25.7 Å². The molecule has 0 spiro atoms. The van der Waals surface area contributed by atoms with Gasteiger partial charge in [0, 0.05) is 0 Å². The molecule has 0 radical (unpaired) electrons. The van der Waals surface area contributed by atoms with E-state index in [1.54, 1.807) is 0 Å². The van der Waals surface area contributed by atoms with E-state index in [1.165, 1.54) is 147 Å². The van der Waals surface area contributed by atoms with Gasteiger partial charge >= 0.3 is 11.9 Å². The van der Waals surface area contributed by atoms with E-state index in [1.807, 2.05) is 0 Å². The summed E-state index contributed by atoms with van der Waals surface area (Å²) in [6, 6.07) is 0. The molecule has 0 aromatic rings. The SMILES string of the molecule is C=CCOC(=O)CC(CCCCCCCCCCC/C=C/CCCCCCCCCCCCCCCC)C(=O)O. The summed E-state index contributed by atoms with van der Waals surface area (Å²) < 4.78 is 4.91. The summed E-state index contributed by atoms with van der Waals surface area (Å²) in [4.78, 5) is 23.0. The molecule has 0 bridgehead atoms. The van der Waals surface area contributed by atoms with Crippen LogP contribution in [-0.2, 0) is 14.3 Å². The Hall–Kier alpha value is -1.58. The Balaban J connectivity index is 3.33. The Kier molecular flexibility index (Phi) is 30.7. The van der Waals surface area contributed by atoms with Crippen molar-refractivity contribution in [3.05, 3.63) is 24.8 Å². The molecule has 0 fully saturated rings. The van der Waals surface area contributed by atoms with Gasteiger partial charge in [0.1, 0.15) is 6.61 Å². The van der Waals surface area contributed by atoms with Crippen LogP contribution in [0.5, 0.6) is 0 Å². The lowest BCUT2D eigenvalue weighted by Gasteiger charge is -2.11. The van der Waals surface area contributed by atoms with Gasteiger partial charge in [-0.1, -0.05) is 167 Å². The number of esters is 1. The number of carbonyl (C=O) groups excluding carboxylic acids is 1. The Bertz CT molecular complexity index is 598. The first-order chi connectivity index (χ1) is 19.6. The minimum Gasteiger partial charge on any atom is -0.481 e. The zero-order valence-electron chi connectivity index (χ0n) is 26.5. The van der Waals surface area contributed by atoms with E-state index in [4.69, 9.17) is 4.74 Å². The smallest absolute Gasteiger partial charge is 0.307 e. The molecule has 0 aliphatic rings. The largest absolute Gasteiger partial charge is 0.481 e. The van der Waals surface area contributed by atoms with E-state index >= 15 is 0 Å². The van der Waals surface area contributed by atoms with Crippen LogP contribution < -0.4 is 0 Å².